The predicted molar refractivity (Wildman–Crippen MR) is 93.7 cm³/mol. The first-order valence-electron chi connectivity index (χ1n) is 8.44. The summed E-state index contributed by atoms with van der Waals surface area (Å²) in [5.74, 6) is 1.59. The molecule has 0 fully saturated rings. The summed E-state index contributed by atoms with van der Waals surface area (Å²) in [5, 5.41) is 0.539. The highest BCUT2D eigenvalue weighted by Gasteiger charge is 2.56. The fourth-order valence-electron chi connectivity index (χ4n) is 5.74. The van der Waals surface area contributed by atoms with Gasteiger partial charge in [-0.05, 0) is 23.3 Å². The van der Waals surface area contributed by atoms with Gasteiger partial charge >= 0.3 is 0 Å². The summed E-state index contributed by atoms with van der Waals surface area (Å²) in [6.07, 6.45) is 1.39. The van der Waals surface area contributed by atoms with Crippen molar-refractivity contribution < 1.29 is 0 Å². The van der Waals surface area contributed by atoms with Gasteiger partial charge in [0.2, 0.25) is 0 Å². The average Bonchev–Trinajstić information content (AvgIpc) is 2.13. The molecule has 1 atom stereocenters. The minimum atomic E-state index is -1.41. The van der Waals surface area contributed by atoms with E-state index in [0.717, 1.165) is 28.5 Å². The van der Waals surface area contributed by atoms with E-state index in [1.54, 1.807) is 0 Å². The number of hydrogen-bond donors (Lipinski definition) is 0. The molecule has 0 nitrogen and oxygen atoms in total. The third-order valence-electron chi connectivity index (χ3n) is 5.96. The third kappa shape index (κ3) is 3.28. The van der Waals surface area contributed by atoms with Gasteiger partial charge in [-0.2, -0.15) is 0 Å². The molecule has 0 aromatic heterocycles. The highest BCUT2D eigenvalue weighted by atomic mass is 28.3. The first-order valence-corrected chi connectivity index (χ1v) is 10.7. The zero-order valence-corrected chi connectivity index (χ0v) is 16.6. The SMILES string of the molecule is CC(C)CC(C)(C(C)C)[Si](C(C)C)(C(C)C)C(C)C. The van der Waals surface area contributed by atoms with E-state index in [1.165, 1.54) is 6.42 Å². The normalized spacial score (nSPS) is 17.1. The van der Waals surface area contributed by atoms with Crippen molar-refractivity contribution in [3.05, 3.63) is 0 Å². The van der Waals surface area contributed by atoms with Crippen LogP contribution in [0, 0.1) is 11.8 Å². The number of hydrogen-bond acceptors (Lipinski definition) is 0. The van der Waals surface area contributed by atoms with Crippen LogP contribution in [0.5, 0.6) is 0 Å². The summed E-state index contributed by atoms with van der Waals surface area (Å²) >= 11 is 0. The summed E-state index contributed by atoms with van der Waals surface area (Å²) in [4.78, 5) is 0. The Kier molecular flexibility index (Phi) is 6.86. The van der Waals surface area contributed by atoms with E-state index in [1.807, 2.05) is 0 Å². The van der Waals surface area contributed by atoms with Gasteiger partial charge in [0.1, 0.15) is 0 Å². The maximum absolute atomic E-state index is 2.63. The standard InChI is InChI=1S/C18H40Si/c1-13(2)12-18(11,14(3)4)19(15(5)6,16(7)8)17(9)10/h13-17H,12H2,1-11H3. The smallest absolute Gasteiger partial charge is 0.0651 e. The second-order valence-corrected chi connectivity index (χ2v) is 15.0. The monoisotopic (exact) mass is 284 g/mol. The zero-order valence-electron chi connectivity index (χ0n) is 15.6. The van der Waals surface area contributed by atoms with Crippen molar-refractivity contribution in [1.82, 2.24) is 0 Å². The number of rotatable bonds is 7. The molecule has 0 bridgehead atoms. The average molecular weight is 285 g/mol. The maximum Gasteiger partial charge on any atom is 0.0674 e. The minimum Gasteiger partial charge on any atom is -0.0651 e. The van der Waals surface area contributed by atoms with Crippen LogP contribution in [0.15, 0.2) is 0 Å². The van der Waals surface area contributed by atoms with Gasteiger partial charge in [-0.15, -0.1) is 0 Å². The van der Waals surface area contributed by atoms with E-state index in [2.05, 4.69) is 76.2 Å². The molecule has 0 N–H and O–H groups in total. The molecule has 19 heavy (non-hydrogen) atoms. The molecule has 1 unspecified atom stereocenters. The van der Waals surface area contributed by atoms with E-state index < -0.39 is 8.07 Å². The lowest BCUT2D eigenvalue weighted by molar-refractivity contribution is 0.333. The van der Waals surface area contributed by atoms with Crippen LogP contribution in [0.3, 0.4) is 0 Å². The summed E-state index contributed by atoms with van der Waals surface area (Å²) < 4.78 is 0. The Morgan fingerprint density at radius 1 is 0.684 bits per heavy atom. The van der Waals surface area contributed by atoms with Gasteiger partial charge in [0.25, 0.3) is 0 Å². The molecule has 1 heteroatoms. The molecule has 0 saturated heterocycles. The van der Waals surface area contributed by atoms with Crippen LogP contribution < -0.4 is 0 Å². The van der Waals surface area contributed by atoms with E-state index in [9.17, 15) is 0 Å². The van der Waals surface area contributed by atoms with E-state index in [-0.39, 0.29) is 0 Å². The van der Waals surface area contributed by atoms with Gasteiger partial charge in [0.05, 0.1) is 8.07 Å². The summed E-state index contributed by atoms with van der Waals surface area (Å²) in [5.41, 5.74) is 2.58. The third-order valence-corrected chi connectivity index (χ3v) is 14.5. The van der Waals surface area contributed by atoms with Crippen LogP contribution in [0.4, 0.5) is 0 Å². The molecular weight excluding hydrogens is 244 g/mol. The Labute approximate surface area is 124 Å². The molecule has 0 heterocycles. The Morgan fingerprint density at radius 3 is 1.16 bits per heavy atom. The van der Waals surface area contributed by atoms with Crippen molar-refractivity contribution in [1.29, 1.82) is 0 Å². The molecule has 0 saturated carbocycles. The zero-order chi connectivity index (χ0) is 15.6. The second-order valence-electron chi connectivity index (χ2n) is 8.57. The molecule has 116 valence electrons. The van der Waals surface area contributed by atoms with Crippen molar-refractivity contribution in [2.75, 3.05) is 0 Å². The summed E-state index contributed by atoms with van der Waals surface area (Å²) in [6.45, 7) is 27.4. The summed E-state index contributed by atoms with van der Waals surface area (Å²) in [7, 11) is -1.41. The topological polar surface area (TPSA) is 0 Å². The Hall–Kier alpha value is 0.217. The van der Waals surface area contributed by atoms with E-state index in [0.29, 0.717) is 5.04 Å². The Balaban J connectivity index is 6.03. The molecule has 0 aromatic rings. The molecule has 0 radical (unpaired) electrons. The van der Waals surface area contributed by atoms with Crippen LogP contribution in [0.25, 0.3) is 0 Å². The van der Waals surface area contributed by atoms with Crippen LogP contribution in [-0.4, -0.2) is 8.07 Å². The first kappa shape index (κ1) is 19.2. The molecule has 0 aliphatic carbocycles. The van der Waals surface area contributed by atoms with Crippen LogP contribution in [0.2, 0.25) is 21.7 Å². The fraction of sp³-hybridized carbons (Fsp3) is 1.00. The lowest BCUT2D eigenvalue weighted by Crippen LogP contribution is -2.56. The van der Waals surface area contributed by atoms with Crippen molar-refractivity contribution >= 4 is 8.07 Å². The lowest BCUT2D eigenvalue weighted by atomic mass is 9.88. The molecule has 0 amide bonds. The molecule has 0 spiro atoms. The Bertz CT molecular complexity index is 241. The van der Waals surface area contributed by atoms with Gasteiger partial charge in [-0.3, -0.25) is 0 Å². The van der Waals surface area contributed by atoms with Crippen LogP contribution in [-0.2, 0) is 0 Å². The van der Waals surface area contributed by atoms with Crippen molar-refractivity contribution in [2.24, 2.45) is 11.8 Å². The molecule has 0 aliphatic heterocycles. The van der Waals surface area contributed by atoms with Gasteiger partial charge in [0.15, 0.2) is 0 Å². The first-order chi connectivity index (χ1) is 8.44. The molecular formula is C18H40Si. The lowest BCUT2D eigenvalue weighted by Gasteiger charge is -2.58. The largest absolute Gasteiger partial charge is 0.0674 e. The van der Waals surface area contributed by atoms with E-state index in [4.69, 9.17) is 0 Å². The van der Waals surface area contributed by atoms with Crippen LogP contribution >= 0.6 is 0 Å². The van der Waals surface area contributed by atoms with Crippen molar-refractivity contribution in [3.8, 4) is 0 Å². The predicted octanol–water partition coefficient (Wildman–Crippen LogP) is 7.13. The van der Waals surface area contributed by atoms with Crippen molar-refractivity contribution in [2.45, 2.75) is 104 Å². The molecule has 0 aromatic carbocycles. The highest BCUT2D eigenvalue weighted by molar-refractivity contribution is 6.86. The van der Waals surface area contributed by atoms with Crippen LogP contribution in [0.1, 0.15) is 82.6 Å². The highest BCUT2D eigenvalue weighted by Crippen LogP contribution is 2.62. The second kappa shape index (κ2) is 6.78. The Morgan fingerprint density at radius 2 is 1.00 bits per heavy atom. The molecule has 0 aliphatic rings. The van der Waals surface area contributed by atoms with Gasteiger partial charge < -0.3 is 0 Å². The van der Waals surface area contributed by atoms with Gasteiger partial charge in [0, 0.05) is 0 Å². The van der Waals surface area contributed by atoms with E-state index >= 15 is 0 Å². The van der Waals surface area contributed by atoms with Gasteiger partial charge in [-0.25, -0.2) is 0 Å². The van der Waals surface area contributed by atoms with Crippen molar-refractivity contribution in [3.63, 3.8) is 0 Å². The van der Waals surface area contributed by atoms with Gasteiger partial charge in [-0.1, -0.05) is 92.8 Å². The summed E-state index contributed by atoms with van der Waals surface area (Å²) in [6, 6.07) is 0. The maximum atomic E-state index is 2.63. The minimum absolute atomic E-state index is 0.539. The molecule has 0 rings (SSSR count). The quantitative estimate of drug-likeness (QED) is 0.436. The fourth-order valence-corrected chi connectivity index (χ4v) is 15.5.